The van der Waals surface area contributed by atoms with Gasteiger partial charge in [0.25, 0.3) is 5.91 Å². The summed E-state index contributed by atoms with van der Waals surface area (Å²) in [4.78, 5) is 12.2. The van der Waals surface area contributed by atoms with Crippen LogP contribution in [-0.4, -0.2) is 10.5 Å². The molecule has 1 heterocycles. The standard InChI is InChI=1S/C20H20N2O2/c1-22-13-7-11-18(22)20(23)21-14-17-10-5-6-12-19(17)24-15-16-8-3-2-4-9-16/h2-13H,14-15H2,1H3,(H,21,23). The van der Waals surface area contributed by atoms with E-state index in [2.05, 4.69) is 5.32 Å². The summed E-state index contributed by atoms with van der Waals surface area (Å²) in [5.41, 5.74) is 2.70. The molecule has 0 spiro atoms. The lowest BCUT2D eigenvalue weighted by molar-refractivity contribution is 0.0942. The van der Waals surface area contributed by atoms with Gasteiger partial charge in [0.1, 0.15) is 18.1 Å². The number of para-hydroxylation sites is 1. The zero-order chi connectivity index (χ0) is 16.8. The molecule has 122 valence electrons. The van der Waals surface area contributed by atoms with Crippen LogP contribution in [0.4, 0.5) is 0 Å². The molecule has 0 radical (unpaired) electrons. The predicted octanol–water partition coefficient (Wildman–Crippen LogP) is 3.53. The van der Waals surface area contributed by atoms with Crippen LogP contribution < -0.4 is 10.1 Å². The van der Waals surface area contributed by atoms with E-state index in [1.54, 1.807) is 10.6 Å². The SMILES string of the molecule is Cn1cccc1C(=O)NCc1ccccc1OCc1ccccc1. The Hall–Kier alpha value is -3.01. The van der Waals surface area contributed by atoms with Crippen LogP contribution in [0.1, 0.15) is 21.6 Å². The number of rotatable bonds is 6. The molecule has 0 fully saturated rings. The molecule has 24 heavy (non-hydrogen) atoms. The summed E-state index contributed by atoms with van der Waals surface area (Å²) in [5, 5.41) is 2.94. The molecule has 3 rings (SSSR count). The fourth-order valence-corrected chi connectivity index (χ4v) is 2.49. The van der Waals surface area contributed by atoms with E-state index in [9.17, 15) is 4.79 Å². The Labute approximate surface area is 141 Å². The van der Waals surface area contributed by atoms with Crippen molar-refractivity contribution in [1.82, 2.24) is 9.88 Å². The number of hydrogen-bond donors (Lipinski definition) is 1. The van der Waals surface area contributed by atoms with Gasteiger partial charge in [-0.05, 0) is 23.8 Å². The molecule has 0 saturated carbocycles. The lowest BCUT2D eigenvalue weighted by atomic mass is 10.2. The number of aromatic nitrogens is 1. The van der Waals surface area contributed by atoms with E-state index in [1.807, 2.05) is 73.9 Å². The quantitative estimate of drug-likeness (QED) is 0.755. The Morgan fingerprint density at radius 2 is 1.75 bits per heavy atom. The van der Waals surface area contributed by atoms with Gasteiger partial charge in [-0.1, -0.05) is 48.5 Å². The van der Waals surface area contributed by atoms with Crippen LogP contribution in [0, 0.1) is 0 Å². The Kier molecular flexibility index (Phi) is 4.96. The van der Waals surface area contributed by atoms with Gasteiger partial charge >= 0.3 is 0 Å². The lowest BCUT2D eigenvalue weighted by Crippen LogP contribution is -2.25. The first-order valence-corrected chi connectivity index (χ1v) is 7.88. The minimum absolute atomic E-state index is 0.0969. The van der Waals surface area contributed by atoms with Gasteiger partial charge in [0, 0.05) is 25.4 Å². The molecule has 0 atom stereocenters. The van der Waals surface area contributed by atoms with Gasteiger partial charge in [-0.25, -0.2) is 0 Å². The number of ether oxygens (including phenoxy) is 1. The summed E-state index contributed by atoms with van der Waals surface area (Å²) in [7, 11) is 1.85. The van der Waals surface area contributed by atoms with Crippen molar-refractivity contribution < 1.29 is 9.53 Å². The number of nitrogens with zero attached hydrogens (tertiary/aromatic N) is 1. The minimum atomic E-state index is -0.0969. The van der Waals surface area contributed by atoms with E-state index >= 15 is 0 Å². The number of benzene rings is 2. The predicted molar refractivity (Wildman–Crippen MR) is 93.8 cm³/mol. The van der Waals surface area contributed by atoms with Crippen molar-refractivity contribution in [3.63, 3.8) is 0 Å². The first-order chi connectivity index (χ1) is 11.7. The zero-order valence-electron chi connectivity index (χ0n) is 13.6. The summed E-state index contributed by atoms with van der Waals surface area (Å²) in [6.45, 7) is 0.929. The molecule has 0 unspecified atom stereocenters. The molecule has 1 amide bonds. The van der Waals surface area contributed by atoms with Crippen molar-refractivity contribution >= 4 is 5.91 Å². The van der Waals surface area contributed by atoms with Crippen LogP contribution in [0.5, 0.6) is 5.75 Å². The van der Waals surface area contributed by atoms with E-state index in [1.165, 1.54) is 0 Å². The van der Waals surface area contributed by atoms with Crippen molar-refractivity contribution in [2.24, 2.45) is 7.05 Å². The van der Waals surface area contributed by atoms with Crippen LogP contribution in [-0.2, 0) is 20.2 Å². The maximum Gasteiger partial charge on any atom is 0.268 e. The van der Waals surface area contributed by atoms with Crippen molar-refractivity contribution in [2.75, 3.05) is 0 Å². The van der Waals surface area contributed by atoms with Gasteiger partial charge in [-0.3, -0.25) is 4.79 Å². The van der Waals surface area contributed by atoms with Gasteiger partial charge in [-0.15, -0.1) is 0 Å². The van der Waals surface area contributed by atoms with E-state index in [0.717, 1.165) is 16.9 Å². The molecular weight excluding hydrogens is 300 g/mol. The summed E-state index contributed by atoms with van der Waals surface area (Å²) < 4.78 is 7.71. The smallest absolute Gasteiger partial charge is 0.268 e. The topological polar surface area (TPSA) is 43.3 Å². The molecule has 0 bridgehead atoms. The van der Waals surface area contributed by atoms with Gasteiger partial charge in [0.15, 0.2) is 0 Å². The van der Waals surface area contributed by atoms with Crippen LogP contribution >= 0.6 is 0 Å². The third-order valence-corrected chi connectivity index (χ3v) is 3.83. The molecule has 0 aliphatic rings. The maximum atomic E-state index is 12.2. The zero-order valence-corrected chi connectivity index (χ0v) is 13.6. The molecule has 0 saturated heterocycles. The van der Waals surface area contributed by atoms with E-state index < -0.39 is 0 Å². The molecular formula is C20H20N2O2. The van der Waals surface area contributed by atoms with Gasteiger partial charge < -0.3 is 14.6 Å². The highest BCUT2D eigenvalue weighted by molar-refractivity contribution is 5.92. The first kappa shape index (κ1) is 15.9. The normalized spacial score (nSPS) is 10.4. The number of hydrogen-bond acceptors (Lipinski definition) is 2. The van der Waals surface area contributed by atoms with E-state index in [4.69, 9.17) is 4.74 Å². The second-order valence-electron chi connectivity index (χ2n) is 5.57. The number of aryl methyl sites for hydroxylation is 1. The summed E-state index contributed by atoms with van der Waals surface area (Å²) in [6.07, 6.45) is 1.85. The van der Waals surface area contributed by atoms with Crippen molar-refractivity contribution in [1.29, 1.82) is 0 Å². The third-order valence-electron chi connectivity index (χ3n) is 3.83. The Morgan fingerprint density at radius 3 is 2.50 bits per heavy atom. The highest BCUT2D eigenvalue weighted by Gasteiger charge is 2.10. The van der Waals surface area contributed by atoms with Crippen molar-refractivity contribution in [2.45, 2.75) is 13.2 Å². The Morgan fingerprint density at radius 1 is 1.00 bits per heavy atom. The molecule has 1 aromatic heterocycles. The maximum absolute atomic E-state index is 12.2. The molecule has 0 aliphatic carbocycles. The monoisotopic (exact) mass is 320 g/mol. The number of carbonyl (C=O) groups excluding carboxylic acids is 1. The molecule has 0 aliphatic heterocycles. The van der Waals surface area contributed by atoms with E-state index in [0.29, 0.717) is 18.8 Å². The second-order valence-corrected chi connectivity index (χ2v) is 5.57. The third kappa shape index (κ3) is 3.84. The molecule has 4 nitrogen and oxygen atoms in total. The first-order valence-electron chi connectivity index (χ1n) is 7.88. The average molecular weight is 320 g/mol. The van der Waals surface area contributed by atoms with Crippen LogP contribution in [0.15, 0.2) is 72.9 Å². The summed E-state index contributed by atoms with van der Waals surface area (Å²) >= 11 is 0. The number of amides is 1. The molecule has 4 heteroatoms. The molecule has 1 N–H and O–H groups in total. The highest BCUT2D eigenvalue weighted by Crippen LogP contribution is 2.19. The summed E-state index contributed by atoms with van der Waals surface area (Å²) in [6, 6.07) is 21.4. The Balaban J connectivity index is 1.64. The van der Waals surface area contributed by atoms with Crippen LogP contribution in [0.2, 0.25) is 0 Å². The highest BCUT2D eigenvalue weighted by atomic mass is 16.5. The second kappa shape index (κ2) is 7.51. The Bertz CT molecular complexity index is 809. The van der Waals surface area contributed by atoms with Gasteiger partial charge in [0.2, 0.25) is 0 Å². The molecule has 2 aromatic carbocycles. The van der Waals surface area contributed by atoms with Gasteiger partial charge in [-0.2, -0.15) is 0 Å². The molecule has 3 aromatic rings. The van der Waals surface area contributed by atoms with Crippen molar-refractivity contribution in [3.8, 4) is 5.75 Å². The average Bonchev–Trinajstić information content (AvgIpc) is 3.05. The largest absolute Gasteiger partial charge is 0.489 e. The van der Waals surface area contributed by atoms with Crippen LogP contribution in [0.3, 0.4) is 0 Å². The minimum Gasteiger partial charge on any atom is -0.489 e. The van der Waals surface area contributed by atoms with Gasteiger partial charge in [0.05, 0.1) is 0 Å². The fraction of sp³-hybridized carbons (Fsp3) is 0.150. The van der Waals surface area contributed by atoms with Crippen molar-refractivity contribution in [3.05, 3.63) is 89.7 Å². The van der Waals surface area contributed by atoms with E-state index in [-0.39, 0.29) is 5.91 Å². The summed E-state index contributed by atoms with van der Waals surface area (Å²) in [5.74, 6) is 0.689. The lowest BCUT2D eigenvalue weighted by Gasteiger charge is -2.12. The number of nitrogens with one attached hydrogen (secondary N) is 1. The van der Waals surface area contributed by atoms with Crippen LogP contribution in [0.25, 0.3) is 0 Å². The number of carbonyl (C=O) groups is 1. The fourth-order valence-electron chi connectivity index (χ4n) is 2.49.